The zero-order chi connectivity index (χ0) is 13.0. The zero-order valence-corrected chi connectivity index (χ0v) is 11.4. The van der Waals surface area contributed by atoms with Crippen molar-refractivity contribution in [1.82, 2.24) is 0 Å². The van der Waals surface area contributed by atoms with Crippen molar-refractivity contribution in [1.29, 1.82) is 0 Å². The lowest BCUT2D eigenvalue weighted by Gasteiger charge is -2.27. The van der Waals surface area contributed by atoms with E-state index in [9.17, 15) is 5.11 Å². The Bertz CT molecular complexity index is 358. The fraction of sp³-hybridized carbons (Fsp3) is 0.625. The highest BCUT2D eigenvalue weighted by Gasteiger charge is 2.20. The molecule has 0 spiro atoms. The summed E-state index contributed by atoms with van der Waals surface area (Å²) in [7, 11) is 0. The number of hydrogen-bond donors (Lipinski definition) is 1. The summed E-state index contributed by atoms with van der Waals surface area (Å²) in [6.07, 6.45) is 5.72. The molecule has 1 aliphatic rings. The molecule has 1 aliphatic carbocycles. The fourth-order valence-electron chi connectivity index (χ4n) is 2.68. The quantitative estimate of drug-likeness (QED) is 0.869. The molecular formula is C16H24O2. The third-order valence-electron chi connectivity index (χ3n) is 3.84. The Kier molecular flexibility index (Phi) is 4.65. The van der Waals surface area contributed by atoms with Crippen LogP contribution < -0.4 is 4.74 Å². The minimum atomic E-state index is -0.353. The molecule has 1 aromatic rings. The first-order valence-electron chi connectivity index (χ1n) is 7.13. The van der Waals surface area contributed by atoms with Crippen molar-refractivity contribution in [2.45, 2.75) is 58.2 Å². The van der Waals surface area contributed by atoms with Crippen molar-refractivity contribution in [2.24, 2.45) is 5.92 Å². The van der Waals surface area contributed by atoms with Gasteiger partial charge < -0.3 is 9.84 Å². The van der Waals surface area contributed by atoms with Gasteiger partial charge in [0.15, 0.2) is 0 Å². The molecule has 1 aromatic carbocycles. The average Bonchev–Trinajstić information content (AvgIpc) is 2.39. The first-order valence-corrected chi connectivity index (χ1v) is 7.13. The van der Waals surface area contributed by atoms with Gasteiger partial charge in [0.1, 0.15) is 5.75 Å². The normalized spacial score (nSPS) is 25.7. The molecule has 0 heterocycles. The van der Waals surface area contributed by atoms with Gasteiger partial charge in [-0.3, -0.25) is 0 Å². The SMILES string of the molecule is CC[C@@H](O)c1ccc(OC2CCCC(C)C2)cc1. The molecule has 1 N–H and O–H groups in total. The van der Waals surface area contributed by atoms with Crippen LogP contribution in [0.5, 0.6) is 5.75 Å². The fourth-order valence-corrected chi connectivity index (χ4v) is 2.68. The third kappa shape index (κ3) is 3.49. The predicted molar refractivity (Wildman–Crippen MR) is 73.7 cm³/mol. The van der Waals surface area contributed by atoms with Crippen LogP contribution >= 0.6 is 0 Å². The molecule has 100 valence electrons. The van der Waals surface area contributed by atoms with E-state index < -0.39 is 0 Å². The Morgan fingerprint density at radius 1 is 1.28 bits per heavy atom. The molecule has 0 bridgehead atoms. The summed E-state index contributed by atoms with van der Waals surface area (Å²) < 4.78 is 6.01. The molecule has 0 aromatic heterocycles. The maximum Gasteiger partial charge on any atom is 0.119 e. The monoisotopic (exact) mass is 248 g/mol. The topological polar surface area (TPSA) is 29.5 Å². The largest absolute Gasteiger partial charge is 0.490 e. The van der Waals surface area contributed by atoms with Gasteiger partial charge >= 0.3 is 0 Å². The number of ether oxygens (including phenoxy) is 1. The van der Waals surface area contributed by atoms with Crippen molar-refractivity contribution in [3.05, 3.63) is 29.8 Å². The summed E-state index contributed by atoms with van der Waals surface area (Å²) in [4.78, 5) is 0. The predicted octanol–water partition coefficient (Wildman–Crippen LogP) is 4.09. The molecule has 1 fully saturated rings. The van der Waals surface area contributed by atoms with E-state index in [2.05, 4.69) is 6.92 Å². The summed E-state index contributed by atoms with van der Waals surface area (Å²) in [6, 6.07) is 7.90. The van der Waals surface area contributed by atoms with Crippen LogP contribution in [0.4, 0.5) is 0 Å². The maximum absolute atomic E-state index is 9.74. The van der Waals surface area contributed by atoms with E-state index >= 15 is 0 Å². The van der Waals surface area contributed by atoms with E-state index in [-0.39, 0.29) is 6.10 Å². The molecular weight excluding hydrogens is 224 g/mol. The standard InChI is InChI=1S/C16H24O2/c1-3-16(17)13-7-9-14(10-8-13)18-15-6-4-5-12(2)11-15/h7-10,12,15-17H,3-6,11H2,1-2H3/t12?,15?,16-/m1/s1. The second-order valence-electron chi connectivity index (χ2n) is 5.50. The number of benzene rings is 1. The molecule has 2 heteroatoms. The molecule has 0 radical (unpaired) electrons. The van der Waals surface area contributed by atoms with Gasteiger partial charge in [0.05, 0.1) is 12.2 Å². The Hall–Kier alpha value is -1.02. The second-order valence-corrected chi connectivity index (χ2v) is 5.50. The lowest BCUT2D eigenvalue weighted by Crippen LogP contribution is -2.24. The smallest absolute Gasteiger partial charge is 0.119 e. The Morgan fingerprint density at radius 3 is 2.61 bits per heavy atom. The van der Waals surface area contributed by atoms with Crippen molar-refractivity contribution in [3.63, 3.8) is 0 Å². The third-order valence-corrected chi connectivity index (χ3v) is 3.84. The number of hydrogen-bond acceptors (Lipinski definition) is 2. The van der Waals surface area contributed by atoms with E-state index in [1.54, 1.807) is 0 Å². The summed E-state index contributed by atoms with van der Waals surface area (Å²) in [5.74, 6) is 1.71. The van der Waals surface area contributed by atoms with Crippen molar-refractivity contribution in [2.75, 3.05) is 0 Å². The zero-order valence-electron chi connectivity index (χ0n) is 11.4. The Balaban J connectivity index is 1.93. The first kappa shape index (κ1) is 13.4. The second kappa shape index (κ2) is 6.24. The Morgan fingerprint density at radius 2 is 2.00 bits per heavy atom. The molecule has 0 saturated heterocycles. The molecule has 18 heavy (non-hydrogen) atoms. The Labute approximate surface area is 110 Å². The van der Waals surface area contributed by atoms with Crippen molar-refractivity contribution >= 4 is 0 Å². The van der Waals surface area contributed by atoms with Crippen LogP contribution in [-0.2, 0) is 0 Å². The highest BCUT2D eigenvalue weighted by Crippen LogP contribution is 2.28. The summed E-state index contributed by atoms with van der Waals surface area (Å²) in [5, 5.41) is 9.74. The average molecular weight is 248 g/mol. The van der Waals surface area contributed by atoms with E-state index in [0.29, 0.717) is 6.10 Å². The van der Waals surface area contributed by atoms with E-state index in [0.717, 1.165) is 23.7 Å². The van der Waals surface area contributed by atoms with Gasteiger partial charge in [0.25, 0.3) is 0 Å². The maximum atomic E-state index is 9.74. The van der Waals surface area contributed by atoms with Crippen LogP contribution in [0, 0.1) is 5.92 Å². The van der Waals surface area contributed by atoms with Gasteiger partial charge in [-0.2, -0.15) is 0 Å². The van der Waals surface area contributed by atoms with Gasteiger partial charge in [0.2, 0.25) is 0 Å². The van der Waals surface area contributed by atoms with Gasteiger partial charge in [-0.1, -0.05) is 32.4 Å². The van der Waals surface area contributed by atoms with Crippen molar-refractivity contribution < 1.29 is 9.84 Å². The molecule has 3 atom stereocenters. The molecule has 0 aliphatic heterocycles. The molecule has 2 rings (SSSR count). The summed E-state index contributed by atoms with van der Waals surface area (Å²) in [5.41, 5.74) is 0.974. The molecule has 2 nitrogen and oxygen atoms in total. The van der Waals surface area contributed by atoms with Gasteiger partial charge in [-0.25, -0.2) is 0 Å². The molecule has 2 unspecified atom stereocenters. The number of aliphatic hydroxyl groups is 1. The lowest BCUT2D eigenvalue weighted by molar-refractivity contribution is 0.129. The number of aliphatic hydroxyl groups excluding tert-OH is 1. The highest BCUT2D eigenvalue weighted by atomic mass is 16.5. The van der Waals surface area contributed by atoms with Crippen LogP contribution in [0.2, 0.25) is 0 Å². The van der Waals surface area contributed by atoms with Gasteiger partial charge in [0, 0.05) is 0 Å². The summed E-state index contributed by atoms with van der Waals surface area (Å²) in [6.45, 7) is 4.29. The van der Waals surface area contributed by atoms with E-state index in [1.165, 1.54) is 25.7 Å². The lowest BCUT2D eigenvalue weighted by atomic mass is 9.89. The highest BCUT2D eigenvalue weighted by molar-refractivity contribution is 5.28. The minimum Gasteiger partial charge on any atom is -0.490 e. The van der Waals surface area contributed by atoms with Crippen LogP contribution in [0.3, 0.4) is 0 Å². The van der Waals surface area contributed by atoms with Crippen LogP contribution in [0.15, 0.2) is 24.3 Å². The molecule has 0 amide bonds. The van der Waals surface area contributed by atoms with Gasteiger partial charge in [-0.15, -0.1) is 0 Å². The molecule has 1 saturated carbocycles. The minimum absolute atomic E-state index is 0.353. The van der Waals surface area contributed by atoms with Crippen molar-refractivity contribution in [3.8, 4) is 5.75 Å². The van der Waals surface area contributed by atoms with Crippen LogP contribution in [0.1, 0.15) is 57.6 Å². The first-order chi connectivity index (χ1) is 8.69. The van der Waals surface area contributed by atoms with Crippen LogP contribution in [0.25, 0.3) is 0 Å². The van der Waals surface area contributed by atoms with E-state index in [4.69, 9.17) is 4.74 Å². The van der Waals surface area contributed by atoms with E-state index in [1.807, 2.05) is 31.2 Å². The van der Waals surface area contributed by atoms with Gasteiger partial charge in [-0.05, 0) is 49.3 Å². The van der Waals surface area contributed by atoms with Crippen LogP contribution in [-0.4, -0.2) is 11.2 Å². The number of rotatable bonds is 4. The summed E-state index contributed by atoms with van der Waals surface area (Å²) >= 11 is 0.